The molecular weight excluding hydrogens is 475 g/mol. The Labute approximate surface area is 187 Å². The van der Waals surface area contributed by atoms with Crippen molar-refractivity contribution in [2.24, 2.45) is 17.3 Å². The molecule has 4 atom stereocenters. The predicted octanol–water partition coefficient (Wildman–Crippen LogP) is 6.19. The maximum atomic E-state index is 13.3. The summed E-state index contributed by atoms with van der Waals surface area (Å²) in [6.45, 7) is 4.52. The second kappa shape index (κ2) is 10.2. The lowest BCUT2D eigenvalue weighted by atomic mass is 9.66. The topological polar surface area (TPSA) is 66.8 Å². The van der Waals surface area contributed by atoms with Crippen LogP contribution in [0.25, 0.3) is 0 Å². The van der Waals surface area contributed by atoms with Crippen LogP contribution in [0.1, 0.15) is 68.2 Å². The number of alkyl halides is 9. The third-order valence-corrected chi connectivity index (χ3v) is 6.20. The first kappa shape index (κ1) is 33.9. The van der Waals surface area contributed by atoms with Crippen LogP contribution in [0.2, 0.25) is 0 Å². The number of hydrogen-bond donors (Lipinski definition) is 2. The van der Waals surface area contributed by atoms with Crippen molar-refractivity contribution in [2.45, 2.75) is 104 Å². The van der Waals surface area contributed by atoms with Crippen LogP contribution in [-0.2, 0) is 9.53 Å². The molecule has 1 aliphatic carbocycles. The van der Waals surface area contributed by atoms with Crippen molar-refractivity contribution in [3.63, 3.8) is 0 Å². The molecule has 0 spiro atoms. The van der Waals surface area contributed by atoms with Crippen LogP contribution < -0.4 is 0 Å². The van der Waals surface area contributed by atoms with E-state index >= 15 is 0 Å². The van der Waals surface area contributed by atoms with E-state index in [2.05, 4.69) is 0 Å². The molecule has 13 heteroatoms. The number of rotatable bonds is 5. The smallest absolute Gasteiger partial charge is 0.426 e. The zero-order valence-corrected chi connectivity index (χ0v) is 17.2. The van der Waals surface area contributed by atoms with Gasteiger partial charge < -0.3 is 14.9 Å². The van der Waals surface area contributed by atoms with Crippen molar-refractivity contribution in [1.82, 2.24) is 0 Å². The van der Waals surface area contributed by atoms with Crippen molar-refractivity contribution in [1.29, 1.82) is 0 Å². The molecule has 0 amide bonds. The Bertz CT molecular complexity index is 637. The molecule has 4 nitrogen and oxygen atoms in total. The largest absolute Gasteiger partial charge is 0.462 e. The summed E-state index contributed by atoms with van der Waals surface area (Å²) < 4.78 is 125. The van der Waals surface area contributed by atoms with Gasteiger partial charge in [0.15, 0.2) is 5.60 Å². The van der Waals surface area contributed by atoms with Crippen molar-refractivity contribution < 1.29 is 59.3 Å². The summed E-state index contributed by atoms with van der Waals surface area (Å²) in [6.07, 6.45) is -23.1. The van der Waals surface area contributed by atoms with Gasteiger partial charge in [-0.2, -0.15) is 39.5 Å². The van der Waals surface area contributed by atoms with E-state index in [1.165, 1.54) is 13.8 Å². The quantitative estimate of drug-likeness (QED) is 0.343. The molecule has 2 N–H and O–H groups in total. The highest BCUT2D eigenvalue weighted by atomic mass is 19.4. The summed E-state index contributed by atoms with van der Waals surface area (Å²) in [7, 11) is 0. The first-order valence-electron chi connectivity index (χ1n) is 9.38. The summed E-state index contributed by atoms with van der Waals surface area (Å²) >= 11 is 0. The SMILES string of the molecule is C.C.CCC(C)(C)C(=O)OC1CC(C(C)(O)C(F)(F)F)CC(C(O)(C(F)(F)F)C(F)(F)F)C1. The van der Waals surface area contributed by atoms with Gasteiger partial charge in [-0.1, -0.05) is 21.8 Å². The zero-order valence-electron chi connectivity index (χ0n) is 17.2. The molecule has 0 radical (unpaired) electrons. The minimum Gasteiger partial charge on any atom is -0.462 e. The first-order valence-corrected chi connectivity index (χ1v) is 9.38. The molecule has 0 heterocycles. The van der Waals surface area contributed by atoms with E-state index in [1.54, 1.807) is 6.92 Å². The van der Waals surface area contributed by atoms with Gasteiger partial charge in [0.1, 0.15) is 6.10 Å². The van der Waals surface area contributed by atoms with E-state index in [0.29, 0.717) is 0 Å². The standard InChI is InChI=1S/C18H25F9O4.2CH4/c1-5-13(2,3)12(28)31-11-7-9(14(4,29)16(19,20)21)6-10(8-11)15(30,17(22,23)24)18(25,26)27;;/h9-11,29-30H,5-8H2,1-4H3;2*1H4. The highest BCUT2D eigenvalue weighted by molar-refractivity contribution is 5.76. The van der Waals surface area contributed by atoms with Crippen LogP contribution in [0.4, 0.5) is 39.5 Å². The van der Waals surface area contributed by atoms with Crippen molar-refractivity contribution >= 4 is 5.97 Å². The third-order valence-electron chi connectivity index (χ3n) is 6.20. The lowest BCUT2D eigenvalue weighted by Gasteiger charge is -2.47. The molecule has 0 saturated heterocycles. The fourth-order valence-electron chi connectivity index (χ4n) is 3.47. The average Bonchev–Trinajstić information content (AvgIpc) is 2.57. The number of esters is 1. The molecular formula is C20H33F9O4. The van der Waals surface area contributed by atoms with Gasteiger partial charge >= 0.3 is 24.5 Å². The van der Waals surface area contributed by atoms with Gasteiger partial charge in [-0.05, 0) is 46.5 Å². The molecule has 33 heavy (non-hydrogen) atoms. The number of hydrogen-bond acceptors (Lipinski definition) is 4. The van der Waals surface area contributed by atoms with Crippen LogP contribution in [0.15, 0.2) is 0 Å². The Kier molecular flexibility index (Phi) is 10.5. The van der Waals surface area contributed by atoms with E-state index < -0.39 is 78.3 Å². The summed E-state index contributed by atoms with van der Waals surface area (Å²) in [5, 5.41) is 19.6. The molecule has 0 aliphatic heterocycles. The molecule has 1 aliphatic rings. The van der Waals surface area contributed by atoms with Crippen molar-refractivity contribution in [3.05, 3.63) is 0 Å². The Hall–Kier alpha value is -1.24. The van der Waals surface area contributed by atoms with Crippen LogP contribution in [0.3, 0.4) is 0 Å². The van der Waals surface area contributed by atoms with Crippen LogP contribution in [0.5, 0.6) is 0 Å². The lowest BCUT2D eigenvalue weighted by Crippen LogP contribution is -2.64. The zero-order chi connectivity index (χ0) is 24.8. The minimum absolute atomic E-state index is 0. The van der Waals surface area contributed by atoms with Gasteiger partial charge in [0.25, 0.3) is 5.60 Å². The van der Waals surface area contributed by atoms with Crippen LogP contribution in [0, 0.1) is 17.3 Å². The number of carbonyl (C=O) groups excluding carboxylic acids is 1. The highest BCUT2D eigenvalue weighted by Crippen LogP contribution is 2.55. The Balaban J connectivity index is 0. The van der Waals surface area contributed by atoms with E-state index in [1.807, 2.05) is 0 Å². The molecule has 1 rings (SSSR count). The van der Waals surface area contributed by atoms with E-state index in [-0.39, 0.29) is 28.2 Å². The molecule has 4 unspecified atom stereocenters. The molecule has 1 fully saturated rings. The van der Waals surface area contributed by atoms with Gasteiger partial charge in [0.05, 0.1) is 5.41 Å². The number of aliphatic hydroxyl groups is 2. The maximum absolute atomic E-state index is 13.3. The maximum Gasteiger partial charge on any atom is 0.426 e. The normalized spacial score (nSPS) is 24.8. The minimum atomic E-state index is -6.28. The fraction of sp³-hybridized carbons (Fsp3) is 0.950. The lowest BCUT2D eigenvalue weighted by molar-refractivity contribution is -0.391. The second-order valence-electron chi connectivity index (χ2n) is 8.77. The van der Waals surface area contributed by atoms with Gasteiger partial charge in [-0.25, -0.2) is 0 Å². The molecule has 0 aromatic carbocycles. The Morgan fingerprint density at radius 3 is 1.52 bits per heavy atom. The van der Waals surface area contributed by atoms with Gasteiger partial charge in [0, 0.05) is 11.8 Å². The second-order valence-corrected chi connectivity index (χ2v) is 8.77. The highest BCUT2D eigenvalue weighted by Gasteiger charge is 2.75. The number of halogens is 9. The molecule has 0 aromatic rings. The van der Waals surface area contributed by atoms with Gasteiger partial charge in [-0.15, -0.1) is 0 Å². The third kappa shape index (κ3) is 6.46. The summed E-state index contributed by atoms with van der Waals surface area (Å²) in [4.78, 5) is 12.3. The summed E-state index contributed by atoms with van der Waals surface area (Å²) in [6, 6.07) is 0. The monoisotopic (exact) mass is 508 g/mol. The molecule has 0 aromatic heterocycles. The predicted molar refractivity (Wildman–Crippen MR) is 102 cm³/mol. The van der Waals surface area contributed by atoms with E-state index in [9.17, 15) is 54.5 Å². The van der Waals surface area contributed by atoms with Crippen LogP contribution in [-0.4, -0.2) is 52.0 Å². The first-order chi connectivity index (χ1) is 13.5. The van der Waals surface area contributed by atoms with E-state index in [4.69, 9.17) is 4.74 Å². The average molecular weight is 508 g/mol. The van der Waals surface area contributed by atoms with Crippen molar-refractivity contribution in [3.8, 4) is 0 Å². The Morgan fingerprint density at radius 2 is 1.18 bits per heavy atom. The van der Waals surface area contributed by atoms with E-state index in [0.717, 1.165) is 0 Å². The number of ether oxygens (including phenoxy) is 1. The fourth-order valence-corrected chi connectivity index (χ4v) is 3.47. The molecule has 200 valence electrons. The Morgan fingerprint density at radius 1 is 0.788 bits per heavy atom. The van der Waals surface area contributed by atoms with Gasteiger partial charge in [0.2, 0.25) is 0 Å². The van der Waals surface area contributed by atoms with Crippen molar-refractivity contribution in [2.75, 3.05) is 0 Å². The summed E-state index contributed by atoms with van der Waals surface area (Å²) in [5.41, 5.74) is -10.3. The molecule has 0 bridgehead atoms. The number of carbonyl (C=O) groups is 1. The molecule has 1 saturated carbocycles. The summed E-state index contributed by atoms with van der Waals surface area (Å²) in [5.74, 6) is -6.08. The van der Waals surface area contributed by atoms with Gasteiger partial charge in [-0.3, -0.25) is 4.79 Å². The van der Waals surface area contributed by atoms with Crippen LogP contribution >= 0.6 is 0 Å².